The van der Waals surface area contributed by atoms with E-state index in [0.29, 0.717) is 49.0 Å². The summed E-state index contributed by atoms with van der Waals surface area (Å²) in [4.78, 5) is 35.6. The lowest BCUT2D eigenvalue weighted by Crippen LogP contribution is -2.36. The molecule has 38 heavy (non-hydrogen) atoms. The number of rotatable bonds is 10. The molecule has 1 aliphatic heterocycles. The van der Waals surface area contributed by atoms with Crippen LogP contribution in [-0.2, 0) is 4.79 Å². The number of benzene rings is 1. The molecule has 0 atom stereocenters. The normalized spacial score (nSPS) is 13.9. The highest BCUT2D eigenvalue weighted by atomic mass is 32.2. The number of pyridine rings is 1. The molecule has 2 heterocycles. The van der Waals surface area contributed by atoms with Gasteiger partial charge >= 0.3 is 0 Å². The number of aliphatic imine (C=N–C) groups is 1. The topological polar surface area (TPSA) is 95.9 Å². The highest BCUT2D eigenvalue weighted by Gasteiger charge is 2.23. The van der Waals surface area contributed by atoms with Gasteiger partial charge in [0.1, 0.15) is 17.4 Å². The highest BCUT2D eigenvalue weighted by Crippen LogP contribution is 2.30. The average Bonchev–Trinajstić information content (AvgIpc) is 2.88. The molecule has 0 saturated heterocycles. The van der Waals surface area contributed by atoms with Gasteiger partial charge in [-0.3, -0.25) is 9.59 Å². The van der Waals surface area contributed by atoms with Crippen molar-refractivity contribution in [3.8, 4) is 5.75 Å². The first-order chi connectivity index (χ1) is 18.3. The van der Waals surface area contributed by atoms with Gasteiger partial charge in [-0.25, -0.2) is 4.98 Å². The molecule has 0 spiro atoms. The zero-order valence-corrected chi connectivity index (χ0v) is 24.4. The fourth-order valence-electron chi connectivity index (χ4n) is 3.77. The number of hydrogen-bond acceptors (Lipinski definition) is 6. The van der Waals surface area contributed by atoms with Crippen molar-refractivity contribution in [1.82, 2.24) is 15.2 Å². The van der Waals surface area contributed by atoms with E-state index in [2.05, 4.69) is 30.9 Å². The van der Waals surface area contributed by atoms with Crippen LogP contribution >= 0.6 is 11.8 Å². The standard InChI is InChI=1S/C27H35N5O3S.C2H6/c1-6-28-25-15-22(14-19(4)30-25)27(34)31-26-17-36-16-24(32(26)13-7-12-29-20(5)33)21-8-10-23(11-9-21)35-18(2)3;1-2/h8-11,14-16,18H,6-7,12-13,17H2,1-5H3,(H,28,30)(H,29,33);1-2H3. The van der Waals surface area contributed by atoms with Gasteiger partial charge in [-0.1, -0.05) is 13.8 Å². The molecule has 2 aromatic rings. The van der Waals surface area contributed by atoms with Gasteiger partial charge in [0, 0.05) is 37.8 Å². The first-order valence-corrected chi connectivity index (χ1v) is 14.3. The number of carbonyl (C=O) groups is 2. The summed E-state index contributed by atoms with van der Waals surface area (Å²) in [6, 6.07) is 11.4. The van der Waals surface area contributed by atoms with Crippen LogP contribution in [0.4, 0.5) is 5.82 Å². The summed E-state index contributed by atoms with van der Waals surface area (Å²) >= 11 is 1.61. The molecule has 0 unspecified atom stereocenters. The van der Waals surface area contributed by atoms with E-state index < -0.39 is 0 Å². The lowest BCUT2D eigenvalue weighted by Gasteiger charge is -2.32. The molecule has 1 aromatic carbocycles. The third kappa shape index (κ3) is 9.52. The van der Waals surface area contributed by atoms with Gasteiger partial charge < -0.3 is 20.3 Å². The number of nitrogens with one attached hydrogen (secondary N) is 2. The molecule has 9 heteroatoms. The molecule has 0 radical (unpaired) electrons. The number of aromatic nitrogens is 1. The SMILES string of the molecule is CC.CCNc1cc(C(=O)N=C2CSC=C(c3ccc(OC(C)C)cc3)N2CCCNC(C)=O)cc(C)n1. The quantitative estimate of drug-likeness (QED) is 0.371. The second-order valence-electron chi connectivity index (χ2n) is 8.74. The Kier molecular flexibility index (Phi) is 12.9. The molecule has 2 N–H and O–H groups in total. The fraction of sp³-hybridized carbons (Fsp3) is 0.448. The molecule has 1 aliphatic rings. The largest absolute Gasteiger partial charge is 0.491 e. The number of ether oxygens (including phenoxy) is 1. The number of hydrogen-bond donors (Lipinski definition) is 2. The Morgan fingerprint density at radius 2 is 1.89 bits per heavy atom. The Hall–Kier alpha value is -3.33. The summed E-state index contributed by atoms with van der Waals surface area (Å²) in [5, 5.41) is 8.11. The minimum absolute atomic E-state index is 0.0608. The van der Waals surface area contributed by atoms with Crippen LogP contribution in [0.5, 0.6) is 5.75 Å². The zero-order valence-electron chi connectivity index (χ0n) is 23.6. The maximum atomic E-state index is 13.2. The number of aryl methyl sites for hydroxylation is 1. The Morgan fingerprint density at radius 3 is 2.53 bits per heavy atom. The Morgan fingerprint density at radius 1 is 1.18 bits per heavy atom. The predicted octanol–water partition coefficient (Wildman–Crippen LogP) is 5.75. The maximum absolute atomic E-state index is 13.2. The molecule has 8 nitrogen and oxygen atoms in total. The first kappa shape index (κ1) is 30.9. The summed E-state index contributed by atoms with van der Waals surface area (Å²) in [7, 11) is 0. The molecule has 0 bridgehead atoms. The minimum Gasteiger partial charge on any atom is -0.491 e. The van der Waals surface area contributed by atoms with E-state index in [0.717, 1.165) is 22.7 Å². The van der Waals surface area contributed by atoms with Crippen LogP contribution in [-0.4, -0.2) is 59.0 Å². The van der Waals surface area contributed by atoms with Crippen molar-refractivity contribution in [1.29, 1.82) is 0 Å². The summed E-state index contributed by atoms with van der Waals surface area (Å²) in [5.74, 6) is 2.37. The third-order valence-electron chi connectivity index (χ3n) is 5.25. The number of anilines is 1. The number of carbonyl (C=O) groups excluding carboxylic acids is 2. The van der Waals surface area contributed by atoms with Crippen molar-refractivity contribution in [2.24, 2.45) is 4.99 Å². The van der Waals surface area contributed by atoms with Crippen molar-refractivity contribution in [3.63, 3.8) is 0 Å². The van der Waals surface area contributed by atoms with Crippen LogP contribution in [0.2, 0.25) is 0 Å². The van der Waals surface area contributed by atoms with Crippen molar-refractivity contribution in [2.75, 3.05) is 30.7 Å². The Bertz CT molecular complexity index is 1130. The van der Waals surface area contributed by atoms with E-state index >= 15 is 0 Å². The van der Waals surface area contributed by atoms with Gasteiger partial charge in [-0.05, 0) is 81.5 Å². The predicted molar refractivity (Wildman–Crippen MR) is 159 cm³/mol. The second kappa shape index (κ2) is 15.8. The van der Waals surface area contributed by atoms with Gasteiger partial charge in [0.15, 0.2) is 0 Å². The van der Waals surface area contributed by atoms with Gasteiger partial charge in [-0.15, -0.1) is 11.8 Å². The molecule has 0 aliphatic carbocycles. The molecule has 2 amide bonds. The molecular formula is C29H41N5O3S. The van der Waals surface area contributed by atoms with E-state index in [4.69, 9.17) is 4.74 Å². The van der Waals surface area contributed by atoms with E-state index in [1.54, 1.807) is 23.9 Å². The highest BCUT2D eigenvalue weighted by molar-refractivity contribution is 8.03. The second-order valence-corrected chi connectivity index (χ2v) is 9.60. The van der Waals surface area contributed by atoms with Crippen molar-refractivity contribution < 1.29 is 14.3 Å². The summed E-state index contributed by atoms with van der Waals surface area (Å²) < 4.78 is 5.79. The van der Waals surface area contributed by atoms with Crippen LogP contribution in [0.1, 0.15) is 69.6 Å². The van der Waals surface area contributed by atoms with Crippen molar-refractivity contribution >= 4 is 40.9 Å². The maximum Gasteiger partial charge on any atom is 0.278 e. The van der Waals surface area contributed by atoms with Gasteiger partial charge in [-0.2, -0.15) is 4.99 Å². The first-order valence-electron chi connectivity index (χ1n) is 13.2. The zero-order chi connectivity index (χ0) is 28.1. The summed E-state index contributed by atoms with van der Waals surface area (Å²) in [5.41, 5.74) is 3.23. The van der Waals surface area contributed by atoms with Gasteiger partial charge in [0.25, 0.3) is 5.91 Å². The van der Waals surface area contributed by atoms with Crippen LogP contribution < -0.4 is 15.4 Å². The number of nitrogens with zero attached hydrogens (tertiary/aromatic N) is 3. The van der Waals surface area contributed by atoms with Crippen LogP contribution in [0.3, 0.4) is 0 Å². The number of thioether (sulfide) groups is 1. The van der Waals surface area contributed by atoms with E-state index in [9.17, 15) is 9.59 Å². The molecule has 3 rings (SSSR count). The average molecular weight is 540 g/mol. The lowest BCUT2D eigenvalue weighted by atomic mass is 10.1. The number of amidine groups is 1. The van der Waals surface area contributed by atoms with Crippen LogP contribution in [0.25, 0.3) is 5.70 Å². The van der Waals surface area contributed by atoms with Crippen molar-refractivity contribution in [2.45, 2.75) is 61.0 Å². The molecule has 0 saturated carbocycles. The van der Waals surface area contributed by atoms with Crippen LogP contribution in [0.15, 0.2) is 46.8 Å². The lowest BCUT2D eigenvalue weighted by molar-refractivity contribution is -0.118. The Labute approximate surface area is 231 Å². The third-order valence-corrected chi connectivity index (χ3v) is 6.07. The van der Waals surface area contributed by atoms with E-state index in [-0.39, 0.29) is 17.9 Å². The van der Waals surface area contributed by atoms with Gasteiger partial charge in [0.05, 0.1) is 17.6 Å². The molecule has 0 fully saturated rings. The van der Waals surface area contributed by atoms with Crippen molar-refractivity contribution in [3.05, 3.63) is 58.6 Å². The molecule has 1 aromatic heterocycles. The van der Waals surface area contributed by atoms with Gasteiger partial charge in [0.2, 0.25) is 5.91 Å². The monoisotopic (exact) mass is 539 g/mol. The minimum atomic E-state index is -0.302. The fourth-order valence-corrected chi connectivity index (χ4v) is 4.64. The van der Waals surface area contributed by atoms with E-state index in [1.165, 1.54) is 6.92 Å². The van der Waals surface area contributed by atoms with E-state index in [1.807, 2.05) is 65.8 Å². The summed E-state index contributed by atoms with van der Waals surface area (Å²) in [6.07, 6.45) is 0.808. The Balaban J connectivity index is 0.00000247. The van der Waals surface area contributed by atoms with Crippen LogP contribution in [0, 0.1) is 6.92 Å². The molecular weight excluding hydrogens is 498 g/mol. The molecule has 206 valence electrons. The smallest absolute Gasteiger partial charge is 0.278 e. The summed E-state index contributed by atoms with van der Waals surface area (Å²) in [6.45, 7) is 15.2. The number of amides is 2.